The third-order valence-electron chi connectivity index (χ3n) is 4.21. The highest BCUT2D eigenvalue weighted by atomic mass is 16.5. The summed E-state index contributed by atoms with van der Waals surface area (Å²) in [7, 11) is 0. The molecule has 5 heteroatoms. The lowest BCUT2D eigenvalue weighted by atomic mass is 10.1. The lowest BCUT2D eigenvalue weighted by Gasteiger charge is -2.31. The Hall–Kier alpha value is -0.650. The molecule has 2 aliphatic heterocycles. The number of carbonyl (C=O) groups excluding carboxylic acids is 1. The third kappa shape index (κ3) is 3.93. The van der Waals surface area contributed by atoms with Crippen LogP contribution in [-0.4, -0.2) is 67.3 Å². The van der Waals surface area contributed by atoms with Gasteiger partial charge in [-0.25, -0.2) is 0 Å². The fraction of sp³-hybridized carbons (Fsp3) is 0.933. The first-order valence-electron chi connectivity index (χ1n) is 7.98. The van der Waals surface area contributed by atoms with E-state index in [1.807, 2.05) is 0 Å². The summed E-state index contributed by atoms with van der Waals surface area (Å²) in [5.74, 6) is 0.883. The number of amides is 1. The summed E-state index contributed by atoms with van der Waals surface area (Å²) < 4.78 is 5.37. The molecule has 1 amide bonds. The average molecular weight is 283 g/mol. The number of hydrogen-bond acceptors (Lipinski definition) is 4. The van der Waals surface area contributed by atoms with E-state index in [1.54, 1.807) is 0 Å². The number of morpholine rings is 1. The van der Waals surface area contributed by atoms with Crippen molar-refractivity contribution in [3.05, 3.63) is 0 Å². The molecule has 2 heterocycles. The quantitative estimate of drug-likeness (QED) is 0.787. The molecule has 2 rings (SSSR count). The van der Waals surface area contributed by atoms with E-state index >= 15 is 0 Å². The maximum Gasteiger partial charge on any atom is 0.241 e. The van der Waals surface area contributed by atoms with Crippen LogP contribution in [0.15, 0.2) is 0 Å². The summed E-state index contributed by atoms with van der Waals surface area (Å²) in [5.41, 5.74) is 0. The number of nitrogens with zero attached hydrogens (tertiary/aromatic N) is 2. The molecule has 0 aromatic heterocycles. The predicted molar refractivity (Wildman–Crippen MR) is 79.4 cm³/mol. The Bertz CT molecular complexity index is 316. The fourth-order valence-corrected chi connectivity index (χ4v) is 3.02. The van der Waals surface area contributed by atoms with Gasteiger partial charge in [0, 0.05) is 26.2 Å². The molecule has 0 bridgehead atoms. The van der Waals surface area contributed by atoms with Crippen LogP contribution >= 0.6 is 0 Å². The molecular weight excluding hydrogens is 254 g/mol. The van der Waals surface area contributed by atoms with E-state index < -0.39 is 0 Å². The molecule has 0 spiro atoms. The Kier molecular flexibility index (Phi) is 5.81. The van der Waals surface area contributed by atoms with Crippen LogP contribution in [0.25, 0.3) is 0 Å². The molecule has 2 saturated heterocycles. The van der Waals surface area contributed by atoms with Gasteiger partial charge in [0.05, 0.1) is 25.4 Å². The van der Waals surface area contributed by atoms with Crippen LogP contribution in [-0.2, 0) is 9.53 Å². The van der Waals surface area contributed by atoms with E-state index in [9.17, 15) is 4.79 Å². The molecule has 2 atom stereocenters. The lowest BCUT2D eigenvalue weighted by molar-refractivity contribution is -0.130. The molecule has 5 nitrogen and oxygen atoms in total. The van der Waals surface area contributed by atoms with Crippen molar-refractivity contribution in [2.24, 2.45) is 5.92 Å². The van der Waals surface area contributed by atoms with Crippen molar-refractivity contribution in [1.82, 2.24) is 15.1 Å². The summed E-state index contributed by atoms with van der Waals surface area (Å²) >= 11 is 0. The molecule has 2 fully saturated rings. The summed E-state index contributed by atoms with van der Waals surface area (Å²) in [6.07, 6.45) is 2.13. The maximum absolute atomic E-state index is 12.4. The molecule has 2 aliphatic rings. The zero-order valence-corrected chi connectivity index (χ0v) is 13.1. The van der Waals surface area contributed by atoms with Gasteiger partial charge < -0.3 is 9.64 Å². The number of hydrogen-bond donors (Lipinski definition) is 1. The van der Waals surface area contributed by atoms with Crippen molar-refractivity contribution in [1.29, 1.82) is 0 Å². The second kappa shape index (κ2) is 7.38. The first kappa shape index (κ1) is 15.7. The van der Waals surface area contributed by atoms with Gasteiger partial charge >= 0.3 is 0 Å². The van der Waals surface area contributed by atoms with Crippen LogP contribution < -0.4 is 5.32 Å². The second-order valence-electron chi connectivity index (χ2n) is 6.26. The van der Waals surface area contributed by atoms with Gasteiger partial charge in [-0.1, -0.05) is 20.8 Å². The lowest BCUT2D eigenvalue weighted by Crippen LogP contribution is -2.45. The number of rotatable bonds is 6. The van der Waals surface area contributed by atoms with Gasteiger partial charge in [-0.3, -0.25) is 15.0 Å². The second-order valence-corrected chi connectivity index (χ2v) is 6.26. The van der Waals surface area contributed by atoms with Crippen molar-refractivity contribution in [3.8, 4) is 0 Å². The Morgan fingerprint density at radius 2 is 2.00 bits per heavy atom. The number of carbonyl (C=O) groups is 1. The van der Waals surface area contributed by atoms with Gasteiger partial charge in [0.2, 0.25) is 5.91 Å². The molecule has 1 N–H and O–H groups in total. The monoisotopic (exact) mass is 283 g/mol. The van der Waals surface area contributed by atoms with Crippen LogP contribution in [0.4, 0.5) is 0 Å². The van der Waals surface area contributed by atoms with Crippen molar-refractivity contribution in [3.63, 3.8) is 0 Å². The first-order chi connectivity index (χ1) is 9.61. The Balaban J connectivity index is 1.89. The van der Waals surface area contributed by atoms with Crippen LogP contribution in [0.1, 0.15) is 33.6 Å². The van der Waals surface area contributed by atoms with Crippen molar-refractivity contribution in [2.75, 3.05) is 39.4 Å². The molecule has 0 aliphatic carbocycles. The molecule has 2 unspecified atom stereocenters. The summed E-state index contributed by atoms with van der Waals surface area (Å²) in [6, 6.07) is 0.0171. The Labute approximate surface area is 122 Å². The minimum Gasteiger partial charge on any atom is -0.379 e. The van der Waals surface area contributed by atoms with Gasteiger partial charge in [0.25, 0.3) is 0 Å². The minimum atomic E-state index is 0.0171. The van der Waals surface area contributed by atoms with Gasteiger partial charge in [0.15, 0.2) is 0 Å². The molecule has 0 radical (unpaired) electrons. The van der Waals surface area contributed by atoms with Gasteiger partial charge in [-0.05, 0) is 18.8 Å². The molecule has 0 saturated carbocycles. The highest BCUT2D eigenvalue weighted by Gasteiger charge is 2.37. The summed E-state index contributed by atoms with van der Waals surface area (Å²) in [5, 5.41) is 3.49. The fourth-order valence-electron chi connectivity index (χ4n) is 3.02. The third-order valence-corrected chi connectivity index (χ3v) is 4.21. The molecule has 20 heavy (non-hydrogen) atoms. The van der Waals surface area contributed by atoms with Crippen molar-refractivity contribution in [2.45, 2.75) is 45.8 Å². The van der Waals surface area contributed by atoms with E-state index in [-0.39, 0.29) is 18.1 Å². The van der Waals surface area contributed by atoms with E-state index in [1.165, 1.54) is 0 Å². The summed E-state index contributed by atoms with van der Waals surface area (Å²) in [6.45, 7) is 11.9. The predicted octanol–water partition coefficient (Wildman–Crippen LogP) is 0.901. The van der Waals surface area contributed by atoms with Gasteiger partial charge in [0.1, 0.15) is 0 Å². The molecule has 116 valence electrons. The van der Waals surface area contributed by atoms with Crippen LogP contribution in [0, 0.1) is 5.92 Å². The van der Waals surface area contributed by atoms with Crippen LogP contribution in [0.3, 0.4) is 0 Å². The first-order valence-corrected chi connectivity index (χ1v) is 7.98. The Morgan fingerprint density at radius 1 is 1.30 bits per heavy atom. The zero-order valence-electron chi connectivity index (χ0n) is 13.1. The minimum absolute atomic E-state index is 0.0171. The summed E-state index contributed by atoms with van der Waals surface area (Å²) in [4.78, 5) is 16.9. The van der Waals surface area contributed by atoms with Crippen LogP contribution in [0.2, 0.25) is 0 Å². The highest BCUT2D eigenvalue weighted by Crippen LogP contribution is 2.19. The van der Waals surface area contributed by atoms with Gasteiger partial charge in [-0.2, -0.15) is 0 Å². The van der Waals surface area contributed by atoms with Crippen LogP contribution in [0.5, 0.6) is 0 Å². The highest BCUT2D eigenvalue weighted by molar-refractivity contribution is 5.84. The van der Waals surface area contributed by atoms with Crippen molar-refractivity contribution < 1.29 is 9.53 Å². The molecular formula is C15H29N3O2. The standard InChI is InChI=1S/C15H29N3O2/c1-4-13-15(19)18(14(16-13)11-12(2)3)6-5-17-7-9-20-10-8-17/h12-14,16H,4-11H2,1-3H3. The van der Waals surface area contributed by atoms with Gasteiger partial charge in [-0.15, -0.1) is 0 Å². The molecule has 0 aromatic carbocycles. The van der Waals surface area contributed by atoms with E-state index in [0.29, 0.717) is 5.92 Å². The number of ether oxygens (including phenoxy) is 1. The van der Waals surface area contributed by atoms with E-state index in [0.717, 1.165) is 52.2 Å². The largest absolute Gasteiger partial charge is 0.379 e. The maximum atomic E-state index is 12.4. The average Bonchev–Trinajstić information content (AvgIpc) is 2.73. The zero-order chi connectivity index (χ0) is 14.5. The number of nitrogens with one attached hydrogen (secondary N) is 1. The Morgan fingerprint density at radius 3 is 2.60 bits per heavy atom. The SMILES string of the molecule is CCC1NC(CC(C)C)N(CCN2CCOCC2)C1=O. The van der Waals surface area contributed by atoms with E-state index in [2.05, 4.69) is 35.9 Å². The smallest absolute Gasteiger partial charge is 0.241 e. The topological polar surface area (TPSA) is 44.8 Å². The van der Waals surface area contributed by atoms with E-state index in [4.69, 9.17) is 4.74 Å². The van der Waals surface area contributed by atoms with Crippen molar-refractivity contribution >= 4 is 5.91 Å². The normalized spacial score (nSPS) is 28.6. The molecule has 0 aromatic rings.